The van der Waals surface area contributed by atoms with Crippen LogP contribution in [0.25, 0.3) is 0 Å². The molecule has 0 rings (SSSR count). The van der Waals surface area contributed by atoms with Crippen LogP contribution in [0.4, 0.5) is 0 Å². The van der Waals surface area contributed by atoms with E-state index >= 15 is 0 Å². The smallest absolute Gasteiger partial charge is 0.0169 e. The number of hydrogen-bond acceptors (Lipinski definition) is 1. The molecule has 0 bridgehead atoms. The zero-order valence-electron chi connectivity index (χ0n) is 9.22. The molecule has 0 nitrogen and oxygen atoms in total. The number of hydrogen-bond donors (Lipinski definition) is 0. The summed E-state index contributed by atoms with van der Waals surface area (Å²) in [5.74, 6) is 4.70. The predicted molar refractivity (Wildman–Crippen MR) is 64.5 cm³/mol. The van der Waals surface area contributed by atoms with E-state index in [0.717, 1.165) is 0 Å². The van der Waals surface area contributed by atoms with Crippen molar-refractivity contribution in [1.82, 2.24) is 0 Å². The van der Waals surface area contributed by atoms with Gasteiger partial charge in [0.1, 0.15) is 0 Å². The van der Waals surface area contributed by atoms with Crippen molar-refractivity contribution in [2.45, 2.75) is 65.2 Å². The van der Waals surface area contributed by atoms with Gasteiger partial charge in [0.15, 0.2) is 0 Å². The molecule has 0 aromatic heterocycles. The molecule has 0 heterocycles. The molecule has 78 valence electrons. The van der Waals surface area contributed by atoms with Crippen molar-refractivity contribution < 1.29 is 0 Å². The van der Waals surface area contributed by atoms with Crippen molar-refractivity contribution in [1.29, 1.82) is 0 Å². The Morgan fingerprint density at radius 3 is 1.62 bits per heavy atom. The Morgan fingerprint density at radius 1 is 0.769 bits per heavy atom. The highest BCUT2D eigenvalue weighted by Gasteiger charge is 1.91. The van der Waals surface area contributed by atoms with Gasteiger partial charge in [0.25, 0.3) is 0 Å². The first kappa shape index (κ1) is 13.4. The van der Waals surface area contributed by atoms with Crippen molar-refractivity contribution in [3.8, 4) is 0 Å². The van der Waals surface area contributed by atoms with E-state index in [1.807, 2.05) is 11.8 Å². The molecule has 2 radical (unpaired) electrons. The van der Waals surface area contributed by atoms with Crippen LogP contribution in [-0.2, 0) is 0 Å². The summed E-state index contributed by atoms with van der Waals surface area (Å²) in [5, 5.41) is 0. The van der Waals surface area contributed by atoms with Gasteiger partial charge in [-0.2, -0.15) is 11.8 Å². The van der Waals surface area contributed by atoms with Crippen molar-refractivity contribution in [3.05, 3.63) is 11.5 Å². The maximum absolute atomic E-state index is 2.35. The van der Waals surface area contributed by atoms with Crippen LogP contribution in [-0.4, -0.2) is 0 Å². The average molecular weight is 200 g/mol. The first-order chi connectivity index (χ1) is 6.41. The maximum atomic E-state index is 2.35. The number of thioether (sulfide) groups is 1. The van der Waals surface area contributed by atoms with Crippen LogP contribution >= 0.6 is 11.8 Å². The van der Waals surface area contributed by atoms with Crippen LogP contribution in [0.5, 0.6) is 0 Å². The van der Waals surface area contributed by atoms with E-state index in [4.69, 9.17) is 0 Å². The van der Waals surface area contributed by atoms with Crippen LogP contribution in [0.3, 0.4) is 0 Å². The molecule has 0 aromatic carbocycles. The quantitative estimate of drug-likeness (QED) is 0.437. The summed E-state index contributed by atoms with van der Waals surface area (Å²) in [6.07, 6.45) is 10.7. The summed E-state index contributed by atoms with van der Waals surface area (Å²) < 4.78 is 0. The summed E-state index contributed by atoms with van der Waals surface area (Å²) in [7, 11) is 0. The molecule has 0 amide bonds. The van der Waals surface area contributed by atoms with E-state index in [-0.39, 0.29) is 0 Å². The normalized spacial score (nSPS) is 10.6. The third-order valence-electron chi connectivity index (χ3n) is 2.04. The Labute approximate surface area is 88.9 Å². The lowest BCUT2D eigenvalue weighted by Gasteiger charge is -2.00. The van der Waals surface area contributed by atoms with Crippen molar-refractivity contribution in [2.75, 3.05) is 0 Å². The van der Waals surface area contributed by atoms with Gasteiger partial charge in [-0.3, -0.25) is 0 Å². The molecular formula is C12H24S. The highest BCUT2D eigenvalue weighted by Crippen LogP contribution is 2.18. The van der Waals surface area contributed by atoms with Gasteiger partial charge in [-0.1, -0.05) is 52.4 Å². The van der Waals surface area contributed by atoms with Crippen LogP contribution in [0, 0.1) is 11.5 Å². The van der Waals surface area contributed by atoms with E-state index in [1.165, 1.54) is 51.4 Å². The standard InChI is InChI=1S/C12H24S/c1-3-5-7-9-11-13-12-10-8-6-4-2/h11-12H,3-10H2,1-2H3. The lowest BCUT2D eigenvalue weighted by Crippen LogP contribution is -1.77. The molecular weight excluding hydrogens is 176 g/mol. The van der Waals surface area contributed by atoms with E-state index < -0.39 is 0 Å². The maximum Gasteiger partial charge on any atom is 0.0169 e. The molecule has 0 unspecified atom stereocenters. The van der Waals surface area contributed by atoms with Gasteiger partial charge in [0, 0.05) is 11.5 Å². The molecule has 0 fully saturated rings. The molecule has 0 N–H and O–H groups in total. The zero-order chi connectivity index (χ0) is 9.78. The Bertz CT molecular complexity index is 71.2. The van der Waals surface area contributed by atoms with Gasteiger partial charge in [0.2, 0.25) is 0 Å². The molecule has 13 heavy (non-hydrogen) atoms. The van der Waals surface area contributed by atoms with Crippen molar-refractivity contribution in [2.24, 2.45) is 0 Å². The van der Waals surface area contributed by atoms with Crippen molar-refractivity contribution >= 4 is 11.8 Å². The molecule has 0 aliphatic carbocycles. The third-order valence-corrected chi connectivity index (χ3v) is 2.90. The fourth-order valence-corrected chi connectivity index (χ4v) is 1.90. The first-order valence-electron chi connectivity index (χ1n) is 5.70. The van der Waals surface area contributed by atoms with Crippen LogP contribution < -0.4 is 0 Å². The SMILES string of the molecule is CCCCC[CH]S[CH]CCCCC. The monoisotopic (exact) mass is 200 g/mol. The molecule has 1 heteroatoms. The first-order valence-corrected chi connectivity index (χ1v) is 6.64. The van der Waals surface area contributed by atoms with Gasteiger partial charge < -0.3 is 0 Å². The molecule has 0 spiro atoms. The second-order valence-corrected chi connectivity index (χ2v) is 4.40. The second-order valence-electron chi connectivity index (χ2n) is 3.46. The number of rotatable bonds is 10. The van der Waals surface area contributed by atoms with Crippen LogP contribution in [0.1, 0.15) is 65.2 Å². The zero-order valence-corrected chi connectivity index (χ0v) is 10.0. The Hall–Kier alpha value is 0.350. The summed E-state index contributed by atoms with van der Waals surface area (Å²) in [6, 6.07) is 0. The van der Waals surface area contributed by atoms with Crippen LogP contribution in [0.2, 0.25) is 0 Å². The molecule has 0 aliphatic heterocycles. The highest BCUT2D eigenvalue weighted by atomic mass is 32.2. The lowest BCUT2D eigenvalue weighted by molar-refractivity contribution is 0.720. The summed E-state index contributed by atoms with van der Waals surface area (Å²) in [6.45, 7) is 4.51. The minimum Gasteiger partial charge on any atom is -0.153 e. The Kier molecular flexibility index (Phi) is 12.7. The van der Waals surface area contributed by atoms with Crippen molar-refractivity contribution in [3.63, 3.8) is 0 Å². The summed E-state index contributed by atoms with van der Waals surface area (Å²) in [5.41, 5.74) is 0. The van der Waals surface area contributed by atoms with Gasteiger partial charge >= 0.3 is 0 Å². The third kappa shape index (κ3) is 12.4. The van der Waals surface area contributed by atoms with Crippen LogP contribution in [0.15, 0.2) is 0 Å². The Morgan fingerprint density at radius 2 is 1.23 bits per heavy atom. The van der Waals surface area contributed by atoms with E-state index in [9.17, 15) is 0 Å². The van der Waals surface area contributed by atoms with E-state index in [2.05, 4.69) is 25.4 Å². The molecule has 0 saturated carbocycles. The Balaban J connectivity index is 2.76. The fraction of sp³-hybridized carbons (Fsp3) is 0.833. The number of unbranched alkanes of at least 4 members (excludes halogenated alkanes) is 6. The lowest BCUT2D eigenvalue weighted by atomic mass is 10.2. The second kappa shape index (κ2) is 12.3. The van der Waals surface area contributed by atoms with E-state index in [1.54, 1.807) is 0 Å². The molecule has 0 saturated heterocycles. The topological polar surface area (TPSA) is 0 Å². The predicted octanol–water partition coefficient (Wildman–Crippen LogP) is 5.20. The minimum absolute atomic E-state index is 1.28. The minimum atomic E-state index is 1.28. The summed E-state index contributed by atoms with van der Waals surface area (Å²) >= 11 is 1.90. The molecule has 0 aromatic rings. The van der Waals surface area contributed by atoms with E-state index in [0.29, 0.717) is 0 Å². The molecule has 0 aliphatic rings. The summed E-state index contributed by atoms with van der Waals surface area (Å²) in [4.78, 5) is 0. The largest absolute Gasteiger partial charge is 0.153 e. The van der Waals surface area contributed by atoms with Gasteiger partial charge in [0.05, 0.1) is 0 Å². The average Bonchev–Trinajstić information content (AvgIpc) is 2.16. The fourth-order valence-electron chi connectivity index (χ4n) is 1.16. The molecule has 0 atom stereocenters. The van der Waals surface area contributed by atoms with Gasteiger partial charge in [-0.05, 0) is 12.8 Å². The van der Waals surface area contributed by atoms with Gasteiger partial charge in [-0.25, -0.2) is 0 Å². The van der Waals surface area contributed by atoms with Gasteiger partial charge in [-0.15, -0.1) is 0 Å². The highest BCUT2D eigenvalue weighted by molar-refractivity contribution is 8.03.